The summed E-state index contributed by atoms with van der Waals surface area (Å²) in [6, 6.07) is 4.37. The molecule has 1 aromatic carbocycles. The maximum Gasteiger partial charge on any atom is 0.125 e. The Labute approximate surface area is 92.6 Å². The molecule has 0 aliphatic heterocycles. The van der Waals surface area contributed by atoms with Gasteiger partial charge in [0.2, 0.25) is 0 Å². The molecule has 1 N–H and O–H groups in total. The van der Waals surface area contributed by atoms with Crippen LogP contribution in [0.1, 0.15) is 23.6 Å². The van der Waals surface area contributed by atoms with Crippen molar-refractivity contribution >= 4 is 0 Å². The van der Waals surface area contributed by atoms with E-state index in [1.165, 1.54) is 16.7 Å². The van der Waals surface area contributed by atoms with E-state index in [4.69, 9.17) is 4.74 Å². The van der Waals surface area contributed by atoms with Gasteiger partial charge in [-0.25, -0.2) is 0 Å². The van der Waals surface area contributed by atoms with Gasteiger partial charge in [0.25, 0.3) is 0 Å². The van der Waals surface area contributed by atoms with Crippen LogP contribution in [0.3, 0.4) is 0 Å². The molecule has 0 aliphatic carbocycles. The lowest BCUT2D eigenvalue weighted by Crippen LogP contribution is -2.16. The van der Waals surface area contributed by atoms with Crippen LogP contribution >= 0.6 is 0 Å². The van der Waals surface area contributed by atoms with Crippen molar-refractivity contribution in [1.29, 1.82) is 0 Å². The van der Waals surface area contributed by atoms with E-state index in [-0.39, 0.29) is 0 Å². The second-order valence-corrected chi connectivity index (χ2v) is 3.88. The molecule has 1 aromatic rings. The summed E-state index contributed by atoms with van der Waals surface area (Å²) in [5.74, 6) is 1.04. The molecule has 0 heterocycles. The number of hydrogen-bond donors (Lipinski definition) is 1. The van der Waals surface area contributed by atoms with Crippen LogP contribution in [-0.2, 0) is 6.42 Å². The molecule has 2 nitrogen and oxygen atoms in total. The average molecular weight is 207 g/mol. The van der Waals surface area contributed by atoms with Gasteiger partial charge in [-0.3, -0.25) is 0 Å². The van der Waals surface area contributed by atoms with E-state index >= 15 is 0 Å². The molecule has 84 valence electrons. The van der Waals surface area contributed by atoms with Gasteiger partial charge in [0.1, 0.15) is 5.75 Å². The largest absolute Gasteiger partial charge is 0.496 e. The highest BCUT2D eigenvalue weighted by atomic mass is 16.5. The highest BCUT2D eigenvalue weighted by Crippen LogP contribution is 2.25. The van der Waals surface area contributed by atoms with Crippen molar-refractivity contribution in [3.05, 3.63) is 28.8 Å². The van der Waals surface area contributed by atoms with Crippen LogP contribution in [0.15, 0.2) is 12.1 Å². The number of nitrogens with one attached hydrogen (secondary N) is 1. The molecule has 0 saturated carbocycles. The molecule has 0 aromatic heterocycles. The number of rotatable bonds is 5. The van der Waals surface area contributed by atoms with E-state index in [2.05, 4.69) is 38.2 Å². The smallest absolute Gasteiger partial charge is 0.125 e. The summed E-state index contributed by atoms with van der Waals surface area (Å²) in [6.45, 7) is 8.38. The van der Waals surface area contributed by atoms with E-state index < -0.39 is 0 Å². The minimum Gasteiger partial charge on any atom is -0.496 e. The lowest BCUT2D eigenvalue weighted by Gasteiger charge is -2.12. The maximum atomic E-state index is 5.43. The third-order valence-electron chi connectivity index (χ3n) is 2.52. The predicted octanol–water partition coefficient (Wildman–Crippen LogP) is 2.46. The monoisotopic (exact) mass is 207 g/mol. The minimum atomic E-state index is 1.01. The SMILES string of the molecule is CCNCCc1cc(C)cc(C)c1OC. The molecule has 0 unspecified atom stereocenters. The Morgan fingerprint density at radius 2 is 2.00 bits per heavy atom. The second kappa shape index (κ2) is 5.76. The third-order valence-corrected chi connectivity index (χ3v) is 2.52. The van der Waals surface area contributed by atoms with Gasteiger partial charge in [0.05, 0.1) is 7.11 Å². The average Bonchev–Trinajstić information content (AvgIpc) is 2.17. The van der Waals surface area contributed by atoms with Crippen LogP contribution in [0.5, 0.6) is 5.75 Å². The van der Waals surface area contributed by atoms with Crippen molar-refractivity contribution in [2.75, 3.05) is 20.2 Å². The van der Waals surface area contributed by atoms with Crippen molar-refractivity contribution in [1.82, 2.24) is 5.32 Å². The van der Waals surface area contributed by atoms with E-state index in [1.54, 1.807) is 7.11 Å². The molecule has 15 heavy (non-hydrogen) atoms. The number of aryl methyl sites for hydroxylation is 2. The molecule has 0 fully saturated rings. The summed E-state index contributed by atoms with van der Waals surface area (Å²) in [6.07, 6.45) is 1.03. The normalized spacial score (nSPS) is 10.4. The van der Waals surface area contributed by atoms with Crippen LogP contribution in [0, 0.1) is 13.8 Å². The first-order valence-electron chi connectivity index (χ1n) is 5.53. The number of likely N-dealkylation sites (N-methyl/N-ethyl adjacent to an activating group) is 1. The second-order valence-electron chi connectivity index (χ2n) is 3.88. The van der Waals surface area contributed by atoms with Crippen LogP contribution in [0.2, 0.25) is 0 Å². The van der Waals surface area contributed by atoms with Crippen molar-refractivity contribution in [3.8, 4) is 5.75 Å². The number of benzene rings is 1. The molecule has 2 heteroatoms. The van der Waals surface area contributed by atoms with Gasteiger partial charge in [0, 0.05) is 0 Å². The summed E-state index contributed by atoms with van der Waals surface area (Å²) < 4.78 is 5.43. The van der Waals surface area contributed by atoms with Gasteiger partial charge < -0.3 is 10.1 Å². The highest BCUT2D eigenvalue weighted by molar-refractivity contribution is 5.43. The quantitative estimate of drug-likeness (QED) is 0.749. The Morgan fingerprint density at radius 3 is 2.60 bits per heavy atom. The van der Waals surface area contributed by atoms with E-state index in [0.717, 1.165) is 25.3 Å². The fourth-order valence-electron chi connectivity index (χ4n) is 1.92. The Balaban J connectivity index is 2.84. The van der Waals surface area contributed by atoms with Crippen LogP contribution < -0.4 is 10.1 Å². The molecule has 0 amide bonds. The molecule has 0 bridgehead atoms. The molecular formula is C13H21NO. The molecule has 0 radical (unpaired) electrons. The number of ether oxygens (including phenoxy) is 1. The lowest BCUT2D eigenvalue weighted by molar-refractivity contribution is 0.406. The predicted molar refractivity (Wildman–Crippen MR) is 64.7 cm³/mol. The zero-order valence-corrected chi connectivity index (χ0v) is 10.2. The first-order chi connectivity index (χ1) is 7.19. The Morgan fingerprint density at radius 1 is 1.27 bits per heavy atom. The lowest BCUT2D eigenvalue weighted by atomic mass is 10.0. The molecule has 0 saturated heterocycles. The Hall–Kier alpha value is -1.02. The van der Waals surface area contributed by atoms with E-state index in [1.807, 2.05) is 0 Å². The molecular weight excluding hydrogens is 186 g/mol. The summed E-state index contributed by atoms with van der Waals surface area (Å²) in [5, 5.41) is 3.33. The highest BCUT2D eigenvalue weighted by Gasteiger charge is 2.06. The fraction of sp³-hybridized carbons (Fsp3) is 0.538. The van der Waals surface area contributed by atoms with Crippen LogP contribution in [0.4, 0.5) is 0 Å². The van der Waals surface area contributed by atoms with Crippen molar-refractivity contribution in [3.63, 3.8) is 0 Å². The maximum absolute atomic E-state index is 5.43. The first-order valence-corrected chi connectivity index (χ1v) is 5.53. The summed E-state index contributed by atoms with van der Waals surface area (Å²) in [7, 11) is 1.74. The zero-order chi connectivity index (χ0) is 11.3. The first kappa shape index (κ1) is 12.1. The summed E-state index contributed by atoms with van der Waals surface area (Å²) in [5.41, 5.74) is 3.83. The fourth-order valence-corrected chi connectivity index (χ4v) is 1.92. The van der Waals surface area contributed by atoms with Gasteiger partial charge in [-0.1, -0.05) is 24.6 Å². The van der Waals surface area contributed by atoms with E-state index in [0.29, 0.717) is 0 Å². The van der Waals surface area contributed by atoms with E-state index in [9.17, 15) is 0 Å². The van der Waals surface area contributed by atoms with Gasteiger partial charge in [0.15, 0.2) is 0 Å². The molecule has 0 spiro atoms. The topological polar surface area (TPSA) is 21.3 Å². The van der Waals surface area contributed by atoms with Crippen molar-refractivity contribution < 1.29 is 4.74 Å². The molecule has 0 aliphatic rings. The number of hydrogen-bond acceptors (Lipinski definition) is 2. The van der Waals surface area contributed by atoms with Gasteiger partial charge in [-0.05, 0) is 44.5 Å². The third kappa shape index (κ3) is 3.24. The zero-order valence-electron chi connectivity index (χ0n) is 10.2. The Kier molecular flexibility index (Phi) is 4.63. The van der Waals surface area contributed by atoms with Gasteiger partial charge in [-0.15, -0.1) is 0 Å². The van der Waals surface area contributed by atoms with Crippen LogP contribution in [-0.4, -0.2) is 20.2 Å². The van der Waals surface area contributed by atoms with Crippen LogP contribution in [0.25, 0.3) is 0 Å². The summed E-state index contributed by atoms with van der Waals surface area (Å²) >= 11 is 0. The standard InChI is InChI=1S/C13H21NO/c1-5-14-7-6-12-9-10(2)8-11(3)13(12)15-4/h8-9,14H,5-7H2,1-4H3. The molecule has 0 atom stereocenters. The van der Waals surface area contributed by atoms with Gasteiger partial charge in [-0.2, -0.15) is 0 Å². The summed E-state index contributed by atoms with van der Waals surface area (Å²) in [4.78, 5) is 0. The van der Waals surface area contributed by atoms with Crippen molar-refractivity contribution in [2.45, 2.75) is 27.2 Å². The minimum absolute atomic E-state index is 1.01. The molecule has 1 rings (SSSR count). The Bertz CT molecular complexity index is 321. The van der Waals surface area contributed by atoms with Crippen molar-refractivity contribution in [2.24, 2.45) is 0 Å². The van der Waals surface area contributed by atoms with Gasteiger partial charge >= 0.3 is 0 Å². The number of methoxy groups -OCH3 is 1.